The zero-order valence-corrected chi connectivity index (χ0v) is 12.1. The van der Waals surface area contributed by atoms with Gasteiger partial charge in [-0.15, -0.1) is 0 Å². The van der Waals surface area contributed by atoms with Gasteiger partial charge in [-0.05, 0) is 78.0 Å². The Morgan fingerprint density at radius 3 is 2.74 bits per heavy atom. The third-order valence-electron chi connectivity index (χ3n) is 6.71. The van der Waals surface area contributed by atoms with Crippen LogP contribution >= 0.6 is 11.6 Å². The molecule has 0 saturated heterocycles. The smallest absolute Gasteiger partial charge is 0.0409 e. The molecule has 0 aliphatic heterocycles. The molecule has 0 aromatic heterocycles. The Bertz CT molecular complexity index is 607. The molecule has 3 saturated carbocycles. The first-order valence-electron chi connectivity index (χ1n) is 7.52. The van der Waals surface area contributed by atoms with E-state index in [-0.39, 0.29) is 5.54 Å². The molecule has 1 nitrogen and oxygen atoms in total. The normalized spacial score (nSPS) is 52.6. The number of fused-ring (bicyclic) bond motifs is 5. The minimum atomic E-state index is 0.104. The van der Waals surface area contributed by atoms with Crippen molar-refractivity contribution in [2.45, 2.75) is 56.4 Å². The zero-order chi connectivity index (χ0) is 13.0. The molecule has 5 atom stereocenters. The Morgan fingerprint density at radius 1 is 1.11 bits per heavy atom. The fraction of sp³-hybridized carbons (Fsp3) is 0.647. The second kappa shape index (κ2) is 2.89. The van der Waals surface area contributed by atoms with Gasteiger partial charge in [0.1, 0.15) is 0 Å². The van der Waals surface area contributed by atoms with Crippen LogP contribution in [0.2, 0.25) is 5.02 Å². The first-order valence-corrected chi connectivity index (χ1v) is 7.89. The van der Waals surface area contributed by atoms with E-state index in [0.717, 1.165) is 10.9 Å². The van der Waals surface area contributed by atoms with Crippen molar-refractivity contribution in [2.75, 3.05) is 0 Å². The van der Waals surface area contributed by atoms with E-state index in [1.807, 2.05) is 0 Å². The van der Waals surface area contributed by atoms with Crippen LogP contribution in [0.3, 0.4) is 0 Å². The Labute approximate surface area is 119 Å². The number of nitrogens with two attached hydrogens (primary N) is 1. The molecule has 5 rings (SSSR count). The second-order valence-corrected chi connectivity index (χ2v) is 8.66. The summed E-state index contributed by atoms with van der Waals surface area (Å²) in [6.07, 6.45) is 6.40. The van der Waals surface area contributed by atoms with Crippen LogP contribution in [0.1, 0.15) is 62.0 Å². The summed E-state index contributed by atoms with van der Waals surface area (Å²) in [6, 6.07) is 6.62. The highest BCUT2D eigenvalue weighted by Crippen LogP contribution is 2.79. The molecule has 1 spiro atoms. The monoisotopic (exact) mass is 273 g/mol. The molecule has 0 radical (unpaired) electrons. The SMILES string of the molecule is CC12CC3c4ccc(Cl)cc4C4CC(N)(C1)CC34C2. The molecule has 4 aliphatic carbocycles. The average molecular weight is 274 g/mol. The fourth-order valence-electron chi connectivity index (χ4n) is 6.82. The predicted molar refractivity (Wildman–Crippen MR) is 77.5 cm³/mol. The van der Waals surface area contributed by atoms with Crippen molar-refractivity contribution < 1.29 is 0 Å². The van der Waals surface area contributed by atoms with E-state index in [4.69, 9.17) is 17.3 Å². The number of benzene rings is 1. The van der Waals surface area contributed by atoms with Gasteiger partial charge in [-0.1, -0.05) is 24.6 Å². The van der Waals surface area contributed by atoms with Crippen LogP contribution in [0, 0.1) is 10.8 Å². The topological polar surface area (TPSA) is 26.0 Å². The molecule has 1 aromatic rings. The van der Waals surface area contributed by atoms with E-state index in [9.17, 15) is 0 Å². The maximum absolute atomic E-state index is 6.75. The van der Waals surface area contributed by atoms with E-state index >= 15 is 0 Å². The summed E-state index contributed by atoms with van der Waals surface area (Å²) in [5.74, 6) is 1.43. The molecule has 100 valence electrons. The lowest BCUT2D eigenvalue weighted by Crippen LogP contribution is -2.45. The molecule has 5 unspecified atom stereocenters. The van der Waals surface area contributed by atoms with Gasteiger partial charge in [0.05, 0.1) is 0 Å². The lowest BCUT2D eigenvalue weighted by Gasteiger charge is -2.41. The number of hydrogen-bond acceptors (Lipinski definition) is 1. The third-order valence-corrected chi connectivity index (χ3v) is 6.95. The van der Waals surface area contributed by atoms with Gasteiger partial charge in [-0.25, -0.2) is 0 Å². The molecule has 3 fully saturated rings. The summed E-state index contributed by atoms with van der Waals surface area (Å²) >= 11 is 6.25. The highest BCUT2D eigenvalue weighted by molar-refractivity contribution is 6.30. The highest BCUT2D eigenvalue weighted by Gasteiger charge is 2.71. The number of hydrogen-bond donors (Lipinski definition) is 1. The van der Waals surface area contributed by atoms with Gasteiger partial charge in [0.25, 0.3) is 0 Å². The van der Waals surface area contributed by atoms with E-state index in [0.29, 0.717) is 16.7 Å². The molecule has 1 aromatic carbocycles. The molecular formula is C17H20ClN. The van der Waals surface area contributed by atoms with Crippen molar-refractivity contribution in [3.05, 3.63) is 34.3 Å². The Balaban J connectivity index is 1.79. The standard InChI is InChI=1S/C17H20ClN/c1-15-5-13-11-3-2-10(18)4-12(11)14-6-16(19,7-15)9-17(13,14)8-15/h2-4,13-14H,5-9,19H2,1H3. The van der Waals surface area contributed by atoms with Gasteiger partial charge in [0.2, 0.25) is 0 Å². The Hall–Kier alpha value is -0.530. The van der Waals surface area contributed by atoms with Crippen molar-refractivity contribution in [1.82, 2.24) is 0 Å². The van der Waals surface area contributed by atoms with E-state index in [1.165, 1.54) is 37.7 Å². The van der Waals surface area contributed by atoms with Crippen molar-refractivity contribution in [3.63, 3.8) is 0 Å². The zero-order valence-electron chi connectivity index (χ0n) is 11.4. The molecule has 3 bridgehead atoms. The summed E-state index contributed by atoms with van der Waals surface area (Å²) in [7, 11) is 0. The van der Waals surface area contributed by atoms with Crippen molar-refractivity contribution >= 4 is 11.6 Å². The molecular weight excluding hydrogens is 254 g/mol. The average Bonchev–Trinajstić information content (AvgIpc) is 2.75. The lowest BCUT2D eigenvalue weighted by atomic mass is 9.66. The molecule has 2 N–H and O–H groups in total. The van der Waals surface area contributed by atoms with Crippen molar-refractivity contribution in [1.29, 1.82) is 0 Å². The summed E-state index contributed by atoms with van der Waals surface area (Å²) in [5.41, 5.74) is 11.0. The van der Waals surface area contributed by atoms with Crippen LogP contribution in [0.25, 0.3) is 0 Å². The largest absolute Gasteiger partial charge is 0.325 e. The van der Waals surface area contributed by atoms with Crippen LogP contribution in [-0.2, 0) is 0 Å². The Morgan fingerprint density at radius 2 is 1.89 bits per heavy atom. The van der Waals surface area contributed by atoms with Crippen molar-refractivity contribution in [3.8, 4) is 0 Å². The number of rotatable bonds is 0. The fourth-order valence-corrected chi connectivity index (χ4v) is 7.00. The van der Waals surface area contributed by atoms with Gasteiger partial charge in [-0.3, -0.25) is 0 Å². The second-order valence-electron chi connectivity index (χ2n) is 8.22. The van der Waals surface area contributed by atoms with Crippen LogP contribution in [0.5, 0.6) is 0 Å². The molecule has 2 heteroatoms. The molecule has 19 heavy (non-hydrogen) atoms. The predicted octanol–water partition coefficient (Wildman–Crippen LogP) is 4.20. The van der Waals surface area contributed by atoms with Crippen LogP contribution < -0.4 is 5.73 Å². The third kappa shape index (κ3) is 1.14. The molecule has 4 aliphatic rings. The van der Waals surface area contributed by atoms with Gasteiger partial charge in [0.15, 0.2) is 0 Å². The van der Waals surface area contributed by atoms with Crippen LogP contribution in [-0.4, -0.2) is 5.54 Å². The summed E-state index contributed by atoms with van der Waals surface area (Å²) in [4.78, 5) is 0. The van der Waals surface area contributed by atoms with E-state index in [2.05, 4.69) is 25.1 Å². The van der Waals surface area contributed by atoms with Gasteiger partial charge >= 0.3 is 0 Å². The van der Waals surface area contributed by atoms with E-state index < -0.39 is 0 Å². The first kappa shape index (κ1) is 11.2. The van der Waals surface area contributed by atoms with E-state index in [1.54, 1.807) is 5.56 Å². The molecule has 0 amide bonds. The maximum atomic E-state index is 6.75. The van der Waals surface area contributed by atoms with Gasteiger partial charge in [0, 0.05) is 10.6 Å². The van der Waals surface area contributed by atoms with Gasteiger partial charge in [-0.2, -0.15) is 0 Å². The first-order chi connectivity index (χ1) is 8.93. The summed E-state index contributed by atoms with van der Waals surface area (Å²) < 4.78 is 0. The highest BCUT2D eigenvalue weighted by atomic mass is 35.5. The molecule has 0 heterocycles. The van der Waals surface area contributed by atoms with Crippen molar-refractivity contribution in [2.24, 2.45) is 16.6 Å². The Kier molecular flexibility index (Phi) is 1.70. The minimum Gasteiger partial charge on any atom is -0.325 e. The summed E-state index contributed by atoms with van der Waals surface area (Å²) in [5, 5.41) is 0.894. The lowest BCUT2D eigenvalue weighted by molar-refractivity contribution is 0.133. The summed E-state index contributed by atoms with van der Waals surface area (Å²) in [6.45, 7) is 2.48. The maximum Gasteiger partial charge on any atom is 0.0409 e. The van der Waals surface area contributed by atoms with Crippen LogP contribution in [0.15, 0.2) is 18.2 Å². The minimum absolute atomic E-state index is 0.104. The van der Waals surface area contributed by atoms with Crippen LogP contribution in [0.4, 0.5) is 0 Å². The quantitative estimate of drug-likeness (QED) is 0.753. The van der Waals surface area contributed by atoms with Gasteiger partial charge < -0.3 is 5.73 Å². The number of halogens is 1.